The van der Waals surface area contributed by atoms with E-state index in [9.17, 15) is 4.79 Å². The van der Waals surface area contributed by atoms with Gasteiger partial charge in [0.15, 0.2) is 0 Å². The van der Waals surface area contributed by atoms with Crippen LogP contribution in [0.2, 0.25) is 0 Å². The first kappa shape index (κ1) is 14.4. The molecule has 0 spiro atoms. The average Bonchev–Trinajstić information content (AvgIpc) is 2.39. The van der Waals surface area contributed by atoms with Crippen molar-refractivity contribution in [3.8, 4) is 6.07 Å². The van der Waals surface area contributed by atoms with Crippen molar-refractivity contribution in [3.05, 3.63) is 24.3 Å². The van der Waals surface area contributed by atoms with E-state index in [4.69, 9.17) is 10.4 Å². The summed E-state index contributed by atoms with van der Waals surface area (Å²) >= 11 is 0. The van der Waals surface area contributed by atoms with Gasteiger partial charge in [0.25, 0.3) is 0 Å². The fraction of sp³-hybridized carbons (Fsp3) is 0.467. The second-order valence-electron chi connectivity index (χ2n) is 5.19. The number of likely N-dealkylation sites (N-methyl/N-ethyl adjacent to an activating group) is 1. The monoisotopic (exact) mass is 273 g/mol. The van der Waals surface area contributed by atoms with E-state index in [1.807, 2.05) is 36.2 Å². The SMILES string of the molecule is CN(CCO)c1ccc(NC(=O)C2(C#N)CCC2)cc1. The first-order valence-electron chi connectivity index (χ1n) is 6.76. The molecule has 0 saturated heterocycles. The molecule has 1 aromatic rings. The highest BCUT2D eigenvalue weighted by Gasteiger charge is 2.44. The summed E-state index contributed by atoms with van der Waals surface area (Å²) in [6.45, 7) is 0.656. The average molecular weight is 273 g/mol. The van der Waals surface area contributed by atoms with Gasteiger partial charge in [-0.3, -0.25) is 4.79 Å². The summed E-state index contributed by atoms with van der Waals surface area (Å²) in [7, 11) is 1.89. The zero-order chi connectivity index (χ0) is 14.6. The number of aliphatic hydroxyl groups excluding tert-OH is 1. The molecule has 0 heterocycles. The molecule has 0 aliphatic heterocycles. The van der Waals surface area contributed by atoms with Gasteiger partial charge in [0, 0.05) is 25.0 Å². The maximum Gasteiger partial charge on any atom is 0.244 e. The normalized spacial score (nSPS) is 15.8. The number of carbonyl (C=O) groups is 1. The van der Waals surface area contributed by atoms with Gasteiger partial charge in [0.2, 0.25) is 5.91 Å². The van der Waals surface area contributed by atoms with Gasteiger partial charge in [0.1, 0.15) is 5.41 Å². The zero-order valence-electron chi connectivity index (χ0n) is 11.6. The first-order chi connectivity index (χ1) is 9.61. The molecule has 1 amide bonds. The highest BCUT2D eigenvalue weighted by molar-refractivity contribution is 5.97. The lowest BCUT2D eigenvalue weighted by Gasteiger charge is -2.33. The lowest BCUT2D eigenvalue weighted by atomic mass is 9.69. The molecule has 1 fully saturated rings. The largest absolute Gasteiger partial charge is 0.395 e. The highest BCUT2D eigenvalue weighted by Crippen LogP contribution is 2.41. The minimum atomic E-state index is -0.827. The van der Waals surface area contributed by atoms with Crippen molar-refractivity contribution in [2.45, 2.75) is 19.3 Å². The number of rotatable bonds is 5. The summed E-state index contributed by atoms with van der Waals surface area (Å²) in [5.41, 5.74) is 0.833. The number of hydrogen-bond donors (Lipinski definition) is 2. The topological polar surface area (TPSA) is 76.4 Å². The van der Waals surface area contributed by atoms with Crippen LogP contribution in [-0.2, 0) is 4.79 Å². The van der Waals surface area contributed by atoms with Crippen LogP contribution in [0.5, 0.6) is 0 Å². The number of nitriles is 1. The smallest absolute Gasteiger partial charge is 0.244 e. The van der Waals surface area contributed by atoms with Crippen LogP contribution in [0.15, 0.2) is 24.3 Å². The standard InChI is InChI=1S/C15H19N3O2/c1-18(9-10-19)13-5-3-12(4-6-13)17-14(20)15(11-16)7-2-8-15/h3-6,19H,2,7-10H2,1H3,(H,17,20). The van der Waals surface area contributed by atoms with Crippen molar-refractivity contribution in [1.82, 2.24) is 0 Å². The predicted octanol–water partition coefficient (Wildman–Crippen LogP) is 1.75. The van der Waals surface area contributed by atoms with Crippen LogP contribution in [0.4, 0.5) is 11.4 Å². The van der Waals surface area contributed by atoms with E-state index in [2.05, 4.69) is 11.4 Å². The Bertz CT molecular complexity index is 515. The van der Waals surface area contributed by atoms with E-state index < -0.39 is 5.41 Å². The maximum absolute atomic E-state index is 12.1. The molecule has 20 heavy (non-hydrogen) atoms. The van der Waals surface area contributed by atoms with Crippen LogP contribution in [0.1, 0.15) is 19.3 Å². The Labute approximate surface area is 118 Å². The second-order valence-corrected chi connectivity index (χ2v) is 5.19. The Morgan fingerprint density at radius 2 is 2.10 bits per heavy atom. The van der Waals surface area contributed by atoms with Gasteiger partial charge in [-0.1, -0.05) is 0 Å². The molecule has 0 bridgehead atoms. The van der Waals surface area contributed by atoms with Crippen molar-refractivity contribution >= 4 is 17.3 Å². The van der Waals surface area contributed by atoms with Gasteiger partial charge in [-0.05, 0) is 43.5 Å². The molecule has 0 atom stereocenters. The van der Waals surface area contributed by atoms with Gasteiger partial charge >= 0.3 is 0 Å². The molecule has 1 saturated carbocycles. The number of benzene rings is 1. The van der Waals surface area contributed by atoms with E-state index in [0.717, 1.165) is 12.1 Å². The molecular weight excluding hydrogens is 254 g/mol. The Balaban J connectivity index is 2.01. The number of carbonyl (C=O) groups excluding carboxylic acids is 1. The Hall–Kier alpha value is -2.06. The van der Waals surface area contributed by atoms with Gasteiger partial charge in [-0.2, -0.15) is 5.26 Å². The Morgan fingerprint density at radius 1 is 1.45 bits per heavy atom. The molecular formula is C15H19N3O2. The van der Waals surface area contributed by atoms with Crippen molar-refractivity contribution in [1.29, 1.82) is 5.26 Å². The summed E-state index contributed by atoms with van der Waals surface area (Å²) < 4.78 is 0. The summed E-state index contributed by atoms with van der Waals surface area (Å²) in [5.74, 6) is -0.206. The van der Waals surface area contributed by atoms with Crippen LogP contribution >= 0.6 is 0 Å². The van der Waals surface area contributed by atoms with Gasteiger partial charge in [0.05, 0.1) is 12.7 Å². The van der Waals surface area contributed by atoms with Crippen molar-refractivity contribution in [2.75, 3.05) is 30.4 Å². The third-order valence-corrected chi connectivity index (χ3v) is 3.86. The molecule has 2 N–H and O–H groups in total. The third kappa shape index (κ3) is 2.75. The van der Waals surface area contributed by atoms with E-state index >= 15 is 0 Å². The van der Waals surface area contributed by atoms with E-state index in [1.54, 1.807) is 0 Å². The van der Waals surface area contributed by atoms with Gasteiger partial charge < -0.3 is 15.3 Å². The molecule has 5 nitrogen and oxygen atoms in total. The minimum absolute atomic E-state index is 0.0969. The van der Waals surface area contributed by atoms with Crippen LogP contribution in [0, 0.1) is 16.7 Å². The van der Waals surface area contributed by atoms with Crippen molar-refractivity contribution in [3.63, 3.8) is 0 Å². The van der Waals surface area contributed by atoms with E-state index in [0.29, 0.717) is 25.1 Å². The number of nitrogens with zero attached hydrogens (tertiary/aromatic N) is 2. The molecule has 2 rings (SSSR count). The van der Waals surface area contributed by atoms with Crippen LogP contribution < -0.4 is 10.2 Å². The van der Waals surface area contributed by atoms with E-state index in [-0.39, 0.29) is 12.5 Å². The van der Waals surface area contributed by atoms with E-state index in [1.165, 1.54) is 0 Å². The molecule has 1 aliphatic rings. The molecule has 106 valence electrons. The number of amides is 1. The Morgan fingerprint density at radius 3 is 2.55 bits per heavy atom. The lowest BCUT2D eigenvalue weighted by molar-refractivity contribution is -0.126. The van der Waals surface area contributed by atoms with Crippen LogP contribution in [-0.4, -0.2) is 31.2 Å². The third-order valence-electron chi connectivity index (χ3n) is 3.86. The minimum Gasteiger partial charge on any atom is -0.395 e. The first-order valence-corrected chi connectivity index (χ1v) is 6.76. The number of nitrogens with one attached hydrogen (secondary N) is 1. The Kier molecular flexibility index (Phi) is 4.26. The van der Waals surface area contributed by atoms with Crippen molar-refractivity contribution < 1.29 is 9.90 Å². The van der Waals surface area contributed by atoms with Crippen LogP contribution in [0.3, 0.4) is 0 Å². The fourth-order valence-corrected chi connectivity index (χ4v) is 2.25. The highest BCUT2D eigenvalue weighted by atomic mass is 16.3. The quantitative estimate of drug-likeness (QED) is 0.857. The molecule has 0 radical (unpaired) electrons. The van der Waals surface area contributed by atoms with Gasteiger partial charge in [-0.15, -0.1) is 0 Å². The molecule has 0 unspecified atom stereocenters. The summed E-state index contributed by atoms with van der Waals surface area (Å²) in [6, 6.07) is 9.51. The number of hydrogen-bond acceptors (Lipinski definition) is 4. The van der Waals surface area contributed by atoms with Crippen molar-refractivity contribution in [2.24, 2.45) is 5.41 Å². The molecule has 1 aliphatic carbocycles. The van der Waals surface area contributed by atoms with Crippen LogP contribution in [0.25, 0.3) is 0 Å². The van der Waals surface area contributed by atoms with Gasteiger partial charge in [-0.25, -0.2) is 0 Å². The zero-order valence-corrected chi connectivity index (χ0v) is 11.6. The number of anilines is 2. The summed E-state index contributed by atoms with van der Waals surface area (Å²) in [6.07, 6.45) is 2.23. The predicted molar refractivity (Wildman–Crippen MR) is 77.3 cm³/mol. The maximum atomic E-state index is 12.1. The number of aliphatic hydroxyl groups is 1. The summed E-state index contributed by atoms with van der Waals surface area (Å²) in [5, 5.41) is 20.8. The molecule has 5 heteroatoms. The summed E-state index contributed by atoms with van der Waals surface area (Å²) in [4.78, 5) is 14.0. The second kappa shape index (κ2) is 5.93. The molecule has 1 aromatic carbocycles. The molecule has 0 aromatic heterocycles. The fourth-order valence-electron chi connectivity index (χ4n) is 2.25. The lowest BCUT2D eigenvalue weighted by Crippen LogP contribution is -2.40.